The van der Waals surface area contributed by atoms with E-state index in [1.807, 2.05) is 0 Å². The predicted molar refractivity (Wildman–Crippen MR) is 105 cm³/mol. The Balaban J connectivity index is 1.98. The standard InChI is InChI=1S/C20H28N2O7/c1-12(18(23)22-20(25)21-13-8-6-5-7-9-13)29-19(24)14-10-11-15(26-2)17(28-4)16(14)27-3/h10-13H,5-9H2,1-4H3,(H2,21,22,23,25)/t12-/m1/s1. The van der Waals surface area contributed by atoms with E-state index in [2.05, 4.69) is 10.6 Å². The summed E-state index contributed by atoms with van der Waals surface area (Å²) in [5.74, 6) is -0.775. The second-order valence-corrected chi connectivity index (χ2v) is 6.73. The lowest BCUT2D eigenvalue weighted by Crippen LogP contribution is -2.48. The smallest absolute Gasteiger partial charge is 0.342 e. The number of hydrogen-bond acceptors (Lipinski definition) is 7. The van der Waals surface area contributed by atoms with Crippen LogP contribution in [0.2, 0.25) is 0 Å². The molecule has 0 radical (unpaired) electrons. The minimum absolute atomic E-state index is 0.0606. The van der Waals surface area contributed by atoms with Crippen LogP contribution in [0.4, 0.5) is 4.79 Å². The fourth-order valence-corrected chi connectivity index (χ4v) is 3.22. The van der Waals surface area contributed by atoms with Crippen molar-refractivity contribution in [2.45, 2.75) is 51.2 Å². The second kappa shape index (κ2) is 10.5. The molecule has 1 saturated carbocycles. The molecule has 1 atom stereocenters. The Labute approximate surface area is 170 Å². The van der Waals surface area contributed by atoms with Crippen LogP contribution in [0.15, 0.2) is 12.1 Å². The van der Waals surface area contributed by atoms with Crippen LogP contribution in [0.3, 0.4) is 0 Å². The molecule has 160 valence electrons. The number of imide groups is 1. The van der Waals surface area contributed by atoms with E-state index in [1.165, 1.54) is 40.4 Å². The molecule has 1 aliphatic carbocycles. The van der Waals surface area contributed by atoms with Crippen LogP contribution < -0.4 is 24.8 Å². The number of amides is 3. The summed E-state index contributed by atoms with van der Waals surface area (Å²) in [6.45, 7) is 1.38. The first-order valence-electron chi connectivity index (χ1n) is 9.52. The molecule has 1 aromatic rings. The van der Waals surface area contributed by atoms with Gasteiger partial charge in [-0.3, -0.25) is 10.1 Å². The molecule has 0 spiro atoms. The van der Waals surface area contributed by atoms with Gasteiger partial charge in [-0.05, 0) is 31.9 Å². The first kappa shape index (κ1) is 22.3. The number of rotatable bonds is 7. The largest absolute Gasteiger partial charge is 0.493 e. The molecule has 1 aromatic carbocycles. The average molecular weight is 408 g/mol. The zero-order valence-electron chi connectivity index (χ0n) is 17.2. The van der Waals surface area contributed by atoms with Crippen LogP contribution in [0.1, 0.15) is 49.4 Å². The Kier molecular flexibility index (Phi) is 8.11. The van der Waals surface area contributed by atoms with Crippen molar-refractivity contribution in [3.05, 3.63) is 17.7 Å². The van der Waals surface area contributed by atoms with Crippen LogP contribution in [0, 0.1) is 0 Å². The van der Waals surface area contributed by atoms with Gasteiger partial charge in [0, 0.05) is 6.04 Å². The van der Waals surface area contributed by atoms with Gasteiger partial charge in [-0.1, -0.05) is 19.3 Å². The average Bonchev–Trinajstić information content (AvgIpc) is 2.72. The molecule has 2 N–H and O–H groups in total. The molecule has 0 bridgehead atoms. The molecule has 0 aromatic heterocycles. The van der Waals surface area contributed by atoms with Crippen molar-refractivity contribution in [3.8, 4) is 17.2 Å². The van der Waals surface area contributed by atoms with E-state index in [4.69, 9.17) is 18.9 Å². The van der Waals surface area contributed by atoms with Gasteiger partial charge in [0.25, 0.3) is 5.91 Å². The summed E-state index contributed by atoms with van der Waals surface area (Å²) in [5.41, 5.74) is 0.0662. The van der Waals surface area contributed by atoms with E-state index in [9.17, 15) is 14.4 Å². The van der Waals surface area contributed by atoms with Crippen LogP contribution >= 0.6 is 0 Å². The highest BCUT2D eigenvalue weighted by Gasteiger charge is 2.26. The number of carbonyl (C=O) groups is 3. The third-order valence-corrected chi connectivity index (χ3v) is 4.75. The lowest BCUT2D eigenvalue weighted by atomic mass is 9.96. The van der Waals surface area contributed by atoms with Crippen LogP contribution in [0.25, 0.3) is 0 Å². The van der Waals surface area contributed by atoms with Crippen molar-refractivity contribution in [2.24, 2.45) is 0 Å². The number of urea groups is 1. The number of hydrogen-bond donors (Lipinski definition) is 2. The number of methoxy groups -OCH3 is 3. The predicted octanol–water partition coefficient (Wildman–Crippen LogP) is 2.42. The minimum Gasteiger partial charge on any atom is -0.493 e. The number of ether oxygens (including phenoxy) is 4. The van der Waals surface area contributed by atoms with Gasteiger partial charge in [0.15, 0.2) is 17.6 Å². The lowest BCUT2D eigenvalue weighted by Gasteiger charge is -2.23. The van der Waals surface area contributed by atoms with Gasteiger partial charge < -0.3 is 24.3 Å². The quantitative estimate of drug-likeness (QED) is 0.666. The van der Waals surface area contributed by atoms with E-state index in [0.717, 1.165) is 32.1 Å². The Morgan fingerprint density at radius 2 is 1.62 bits per heavy atom. The maximum absolute atomic E-state index is 12.5. The maximum Gasteiger partial charge on any atom is 0.342 e. The van der Waals surface area contributed by atoms with Gasteiger partial charge in [-0.25, -0.2) is 9.59 Å². The highest BCUT2D eigenvalue weighted by molar-refractivity contribution is 5.99. The molecule has 2 rings (SSSR count). The van der Waals surface area contributed by atoms with Crippen molar-refractivity contribution in [1.82, 2.24) is 10.6 Å². The zero-order valence-corrected chi connectivity index (χ0v) is 17.2. The van der Waals surface area contributed by atoms with Crippen LogP contribution in [-0.2, 0) is 9.53 Å². The fourth-order valence-electron chi connectivity index (χ4n) is 3.22. The first-order chi connectivity index (χ1) is 13.9. The summed E-state index contributed by atoms with van der Waals surface area (Å²) in [6, 6.07) is 2.45. The van der Waals surface area contributed by atoms with Crippen molar-refractivity contribution >= 4 is 17.9 Å². The summed E-state index contributed by atoms with van der Waals surface area (Å²) in [4.78, 5) is 36.7. The van der Waals surface area contributed by atoms with E-state index in [-0.39, 0.29) is 23.1 Å². The lowest BCUT2D eigenvalue weighted by molar-refractivity contribution is -0.127. The molecule has 9 nitrogen and oxygen atoms in total. The van der Waals surface area contributed by atoms with E-state index >= 15 is 0 Å². The van der Waals surface area contributed by atoms with Crippen LogP contribution in [-0.4, -0.2) is 51.4 Å². The maximum atomic E-state index is 12.5. The van der Waals surface area contributed by atoms with Gasteiger partial charge in [-0.2, -0.15) is 0 Å². The monoisotopic (exact) mass is 408 g/mol. The summed E-state index contributed by atoms with van der Waals surface area (Å²) >= 11 is 0. The Morgan fingerprint density at radius 1 is 0.966 bits per heavy atom. The third kappa shape index (κ3) is 5.75. The molecule has 0 aliphatic heterocycles. The highest BCUT2D eigenvalue weighted by Crippen LogP contribution is 2.40. The van der Waals surface area contributed by atoms with Crippen molar-refractivity contribution in [2.75, 3.05) is 21.3 Å². The number of esters is 1. The first-order valence-corrected chi connectivity index (χ1v) is 9.52. The Bertz CT molecular complexity index is 745. The SMILES string of the molecule is COc1ccc(C(=O)O[C@H](C)C(=O)NC(=O)NC2CCCCC2)c(OC)c1OC. The molecule has 1 fully saturated rings. The van der Waals surface area contributed by atoms with Crippen molar-refractivity contribution < 1.29 is 33.3 Å². The summed E-state index contributed by atoms with van der Waals surface area (Å²) in [5, 5.41) is 4.98. The molecule has 29 heavy (non-hydrogen) atoms. The molecule has 0 unspecified atom stereocenters. The molecule has 0 heterocycles. The zero-order chi connectivity index (χ0) is 21.4. The van der Waals surface area contributed by atoms with E-state index in [0.29, 0.717) is 5.75 Å². The minimum atomic E-state index is -1.18. The molecule has 0 saturated heterocycles. The van der Waals surface area contributed by atoms with Gasteiger partial charge in [0.05, 0.1) is 21.3 Å². The normalized spacial score (nSPS) is 15.0. The van der Waals surface area contributed by atoms with Gasteiger partial charge in [-0.15, -0.1) is 0 Å². The second-order valence-electron chi connectivity index (χ2n) is 6.73. The summed E-state index contributed by atoms with van der Waals surface area (Å²) < 4.78 is 20.9. The van der Waals surface area contributed by atoms with Gasteiger partial charge in [0.2, 0.25) is 5.75 Å². The highest BCUT2D eigenvalue weighted by atomic mass is 16.6. The van der Waals surface area contributed by atoms with Gasteiger partial charge >= 0.3 is 12.0 Å². The van der Waals surface area contributed by atoms with E-state index < -0.39 is 24.0 Å². The van der Waals surface area contributed by atoms with Crippen molar-refractivity contribution in [1.29, 1.82) is 0 Å². The third-order valence-electron chi connectivity index (χ3n) is 4.75. The van der Waals surface area contributed by atoms with Crippen molar-refractivity contribution in [3.63, 3.8) is 0 Å². The molecular formula is C20H28N2O7. The molecule has 9 heteroatoms. The van der Waals surface area contributed by atoms with E-state index in [1.54, 1.807) is 0 Å². The van der Waals surface area contributed by atoms with Crippen LogP contribution in [0.5, 0.6) is 17.2 Å². The topological polar surface area (TPSA) is 112 Å². The fraction of sp³-hybridized carbons (Fsp3) is 0.550. The number of benzene rings is 1. The van der Waals surface area contributed by atoms with Gasteiger partial charge in [0.1, 0.15) is 5.56 Å². The Hall–Kier alpha value is -2.97. The number of nitrogens with one attached hydrogen (secondary N) is 2. The molecular weight excluding hydrogens is 380 g/mol. The Morgan fingerprint density at radius 3 is 2.21 bits per heavy atom. The molecule has 1 aliphatic rings. The number of carbonyl (C=O) groups excluding carboxylic acids is 3. The molecule has 3 amide bonds. The summed E-state index contributed by atoms with van der Waals surface area (Å²) in [7, 11) is 4.25. The summed E-state index contributed by atoms with van der Waals surface area (Å²) in [6.07, 6.45) is 3.87.